The summed E-state index contributed by atoms with van der Waals surface area (Å²) < 4.78 is 13.2. The molecule has 1 fully saturated rings. The zero-order chi connectivity index (χ0) is 52.8. The van der Waals surface area contributed by atoms with E-state index in [1.165, 1.54) is 0 Å². The Balaban J connectivity index is 0.828. The van der Waals surface area contributed by atoms with Gasteiger partial charge in [-0.1, -0.05) is 59.7 Å². The molecule has 0 saturated carbocycles. The number of ketones is 1. The largest absolute Gasteiger partial charge is 0.444 e. The summed E-state index contributed by atoms with van der Waals surface area (Å²) in [4.78, 5) is 80.0. The number of nitrogens with zero attached hydrogens (tertiary/aromatic N) is 5. The number of benzene rings is 3. The SMILES string of the molecule is CCc1cc2c(cc1N1CCN(C(=O)CCCCOCCCNC(=O)[C@@H](NC(=O)[C@H](CCCn3c(N)nc4ccccc43)NC(=O)OC(C)(C)C)C(C)(C)C)CC1)C(C)(C)c1[nH]c3cc(C#N)ccc3c1C2=O. The molecule has 4 amide bonds. The molecule has 1 aliphatic carbocycles. The van der Waals surface area contributed by atoms with E-state index in [1.54, 1.807) is 32.9 Å². The first-order chi connectivity index (χ1) is 34.6. The van der Waals surface area contributed by atoms with Gasteiger partial charge in [0.2, 0.25) is 23.7 Å². The molecule has 3 aromatic carbocycles. The van der Waals surface area contributed by atoms with Crippen molar-refractivity contribution in [3.8, 4) is 6.07 Å². The molecule has 0 unspecified atom stereocenters. The van der Waals surface area contributed by atoms with Crippen molar-refractivity contribution >= 4 is 63.2 Å². The highest BCUT2D eigenvalue weighted by Gasteiger charge is 2.41. The number of para-hydroxylation sites is 2. The molecule has 17 nitrogen and oxygen atoms in total. The smallest absolute Gasteiger partial charge is 0.408 e. The standard InChI is InChI=1S/C56H74N10O7/c1-10-36-32-38-39(56(8,9)48-46(47(38)68)37-22-21-35(34-57)31-42(37)60-48)33-44(36)64-25-27-65(28-26-64)45(67)20-13-14-29-72-30-16-23-59-51(70)49(54(2,3)4)63-50(69)41(62-53(71)73-55(5,6)7)18-15-24-66-43-19-12-11-17-40(43)61-52(66)58/h11-12,17,19,21-22,31-33,41,49,60H,10,13-16,18,20,23-30H2,1-9H3,(H2,58,61)(H,59,70)(H,62,71)(H,63,69)/t41-,49+/m0/s1. The van der Waals surface area contributed by atoms with Gasteiger partial charge in [-0.15, -0.1) is 0 Å². The van der Waals surface area contributed by atoms with E-state index in [0.29, 0.717) is 95.2 Å². The maximum Gasteiger partial charge on any atom is 0.408 e. The van der Waals surface area contributed by atoms with Gasteiger partial charge >= 0.3 is 6.09 Å². The number of aryl methyl sites for hydroxylation is 2. The summed E-state index contributed by atoms with van der Waals surface area (Å²) in [6.45, 7) is 21.5. The number of hydrogen-bond acceptors (Lipinski definition) is 11. The van der Waals surface area contributed by atoms with Crippen LogP contribution in [0.4, 0.5) is 16.4 Å². The van der Waals surface area contributed by atoms with E-state index >= 15 is 0 Å². The number of unbranched alkanes of at least 4 members (excludes halogenated alkanes) is 1. The molecule has 1 aliphatic heterocycles. The van der Waals surface area contributed by atoms with Crippen molar-refractivity contribution in [3.05, 3.63) is 88.1 Å². The fraction of sp³-hybridized carbons (Fsp3) is 0.518. The summed E-state index contributed by atoms with van der Waals surface area (Å²) in [6.07, 6.45) is 3.17. The highest BCUT2D eigenvalue weighted by molar-refractivity contribution is 6.20. The van der Waals surface area contributed by atoms with Gasteiger partial charge in [-0.3, -0.25) is 19.2 Å². The Morgan fingerprint density at radius 1 is 0.918 bits per heavy atom. The van der Waals surface area contributed by atoms with Gasteiger partial charge in [0.1, 0.15) is 17.7 Å². The van der Waals surface area contributed by atoms with Crippen LogP contribution in [0, 0.1) is 16.7 Å². The molecule has 6 N–H and O–H groups in total. The van der Waals surface area contributed by atoms with Crippen LogP contribution in [0.1, 0.15) is 139 Å². The number of amides is 4. The quantitative estimate of drug-likeness (QED) is 0.0505. The number of hydrogen-bond donors (Lipinski definition) is 5. The molecule has 0 spiro atoms. The van der Waals surface area contributed by atoms with Gasteiger partial charge in [0.05, 0.1) is 28.2 Å². The molecule has 2 atom stereocenters. The number of ether oxygens (including phenoxy) is 2. The van der Waals surface area contributed by atoms with Gasteiger partial charge in [0.15, 0.2) is 5.78 Å². The molecule has 2 aromatic heterocycles. The number of nitriles is 1. The summed E-state index contributed by atoms with van der Waals surface area (Å²) in [5.41, 5.74) is 12.7. The predicted octanol–water partition coefficient (Wildman–Crippen LogP) is 7.65. The average molecular weight is 999 g/mol. The van der Waals surface area contributed by atoms with E-state index in [0.717, 1.165) is 62.8 Å². The van der Waals surface area contributed by atoms with E-state index in [-0.39, 0.29) is 24.0 Å². The number of carbonyl (C=O) groups is 5. The van der Waals surface area contributed by atoms with Crippen molar-refractivity contribution < 1.29 is 33.4 Å². The summed E-state index contributed by atoms with van der Waals surface area (Å²) >= 11 is 0. The molecule has 0 radical (unpaired) electrons. The van der Waals surface area contributed by atoms with Crippen LogP contribution in [0.5, 0.6) is 0 Å². The number of fused-ring (bicyclic) bond motifs is 5. The third-order valence-electron chi connectivity index (χ3n) is 13.9. The fourth-order valence-electron chi connectivity index (χ4n) is 10.0. The number of aromatic amines is 1. The molecule has 0 bridgehead atoms. The van der Waals surface area contributed by atoms with Crippen molar-refractivity contribution in [2.24, 2.45) is 5.41 Å². The normalized spacial score (nSPS) is 15.3. The van der Waals surface area contributed by atoms with Crippen LogP contribution in [0.25, 0.3) is 21.9 Å². The highest BCUT2D eigenvalue weighted by Crippen LogP contribution is 2.46. The number of piperazine rings is 1. The summed E-state index contributed by atoms with van der Waals surface area (Å²) in [6, 6.07) is 17.6. The Labute approximate surface area is 428 Å². The van der Waals surface area contributed by atoms with Gasteiger partial charge in [0, 0.05) is 92.2 Å². The number of rotatable bonds is 19. The second-order valence-electron chi connectivity index (χ2n) is 21.9. The van der Waals surface area contributed by atoms with Crippen LogP contribution >= 0.6 is 0 Å². The number of H-pyrrole nitrogens is 1. The number of anilines is 2. The Morgan fingerprint density at radius 2 is 1.64 bits per heavy atom. The Morgan fingerprint density at radius 3 is 2.34 bits per heavy atom. The first kappa shape index (κ1) is 53.9. The number of carbonyl (C=O) groups excluding carboxylic acids is 5. The molecule has 17 heteroatoms. The molecule has 2 aliphatic rings. The predicted molar refractivity (Wildman–Crippen MR) is 283 cm³/mol. The van der Waals surface area contributed by atoms with Crippen molar-refractivity contribution in [1.29, 1.82) is 5.26 Å². The lowest BCUT2D eigenvalue weighted by molar-refractivity contribution is -0.132. The van der Waals surface area contributed by atoms with Gasteiger partial charge in [-0.25, -0.2) is 9.78 Å². The van der Waals surface area contributed by atoms with Crippen LogP contribution in [0.3, 0.4) is 0 Å². The lowest BCUT2D eigenvalue weighted by Gasteiger charge is -2.39. The first-order valence-electron chi connectivity index (χ1n) is 25.8. The number of imidazole rings is 1. The number of nitrogens with two attached hydrogens (primary N) is 1. The second-order valence-corrected chi connectivity index (χ2v) is 21.9. The molecule has 390 valence electrons. The fourth-order valence-corrected chi connectivity index (χ4v) is 10.0. The van der Waals surface area contributed by atoms with Crippen molar-refractivity contribution in [3.63, 3.8) is 0 Å². The van der Waals surface area contributed by atoms with Crippen LogP contribution < -0.4 is 26.6 Å². The third kappa shape index (κ3) is 12.5. The zero-order valence-corrected chi connectivity index (χ0v) is 44.1. The van der Waals surface area contributed by atoms with Crippen LogP contribution in [-0.2, 0) is 42.2 Å². The number of alkyl carbamates (subject to hydrolysis) is 1. The van der Waals surface area contributed by atoms with Crippen molar-refractivity contribution in [2.75, 3.05) is 56.6 Å². The summed E-state index contributed by atoms with van der Waals surface area (Å²) in [5, 5.41) is 18.9. The number of nitrogen functional groups attached to an aromatic ring is 1. The number of aromatic nitrogens is 3. The molecular formula is C56H74N10O7. The minimum Gasteiger partial charge on any atom is -0.444 e. The second kappa shape index (κ2) is 22.5. The Bertz CT molecular complexity index is 2890. The molecule has 1 saturated heterocycles. The zero-order valence-electron chi connectivity index (χ0n) is 44.1. The lowest BCUT2D eigenvalue weighted by atomic mass is 9.70. The van der Waals surface area contributed by atoms with Gasteiger partial charge in [-0.05, 0) is 112 Å². The molecule has 5 aromatic rings. The van der Waals surface area contributed by atoms with E-state index in [2.05, 4.69) is 69.8 Å². The maximum absolute atomic E-state index is 14.1. The summed E-state index contributed by atoms with van der Waals surface area (Å²) in [7, 11) is 0. The van der Waals surface area contributed by atoms with Crippen LogP contribution in [0.2, 0.25) is 0 Å². The average Bonchev–Trinajstić information content (AvgIpc) is 3.90. The minimum atomic E-state index is -0.986. The maximum atomic E-state index is 14.1. The van der Waals surface area contributed by atoms with Crippen molar-refractivity contribution in [2.45, 2.75) is 137 Å². The summed E-state index contributed by atoms with van der Waals surface area (Å²) in [5.74, 6) is -0.362. The van der Waals surface area contributed by atoms with Gasteiger partial charge < -0.3 is 50.5 Å². The van der Waals surface area contributed by atoms with Gasteiger partial charge in [0.25, 0.3) is 0 Å². The first-order valence-corrected chi connectivity index (χ1v) is 25.8. The monoisotopic (exact) mass is 999 g/mol. The topological polar surface area (TPSA) is 230 Å². The minimum absolute atomic E-state index is 0.00158. The Kier molecular flexibility index (Phi) is 16.6. The number of nitrogens with one attached hydrogen (secondary N) is 4. The van der Waals surface area contributed by atoms with E-state index in [9.17, 15) is 29.2 Å². The van der Waals surface area contributed by atoms with Gasteiger partial charge in [-0.2, -0.15) is 5.26 Å². The molecule has 7 rings (SSSR count). The van der Waals surface area contributed by atoms with Crippen molar-refractivity contribution in [1.82, 2.24) is 35.4 Å². The van der Waals surface area contributed by atoms with E-state index in [4.69, 9.17) is 15.2 Å². The van der Waals surface area contributed by atoms with Crippen LogP contribution in [0.15, 0.2) is 54.6 Å². The van der Waals surface area contributed by atoms with E-state index < -0.39 is 40.5 Å². The molecule has 3 heterocycles. The highest BCUT2D eigenvalue weighted by atomic mass is 16.6. The molecule has 73 heavy (non-hydrogen) atoms. The van der Waals surface area contributed by atoms with Crippen LogP contribution in [-0.4, -0.2) is 113 Å². The molecular weight excluding hydrogens is 925 g/mol. The lowest BCUT2D eigenvalue weighted by Crippen LogP contribution is -2.58. The third-order valence-corrected chi connectivity index (χ3v) is 13.9. The Hall–Kier alpha value is -6.93. The van der Waals surface area contributed by atoms with E-state index in [1.807, 2.05) is 60.6 Å².